The second-order valence-electron chi connectivity index (χ2n) is 7.02. The zero-order chi connectivity index (χ0) is 22.9. The third kappa shape index (κ3) is 4.90. The fourth-order valence-corrected chi connectivity index (χ4v) is 6.55. The number of nitrogens with zero attached hydrogens (tertiary/aromatic N) is 2. The number of pyridine rings is 1. The second kappa shape index (κ2) is 9.61. The Bertz CT molecular complexity index is 1040. The molecule has 4 N–H and O–H groups in total. The molecule has 0 saturated carbocycles. The van der Waals surface area contributed by atoms with Gasteiger partial charge < -0.3 is 0 Å². The molecule has 1 amide bonds. The first-order valence-corrected chi connectivity index (χ1v) is 12.0. The van der Waals surface area contributed by atoms with E-state index in [1.54, 1.807) is 14.0 Å². The summed E-state index contributed by atoms with van der Waals surface area (Å²) in [5.41, 5.74) is 5.85. The number of carbonyl (C=O) groups excluding carboxylic acids is 2. The molecular formula is C19H20AsCl2N4O5. The Morgan fingerprint density at radius 3 is 2.58 bits per heavy atom. The number of methoxy groups -OCH3 is 1. The van der Waals surface area contributed by atoms with Crippen molar-refractivity contribution in [1.29, 1.82) is 0 Å². The van der Waals surface area contributed by atoms with Gasteiger partial charge in [0.2, 0.25) is 0 Å². The van der Waals surface area contributed by atoms with Crippen molar-refractivity contribution < 1.29 is 24.2 Å². The van der Waals surface area contributed by atoms with E-state index in [2.05, 4.69) is 9.97 Å². The Balaban J connectivity index is 1.76. The molecule has 3 heterocycles. The molecule has 0 aliphatic carbocycles. The molecule has 3 rings (SSSR count). The molecule has 31 heavy (non-hydrogen) atoms. The van der Waals surface area contributed by atoms with Crippen LogP contribution in [0.1, 0.15) is 43.3 Å². The van der Waals surface area contributed by atoms with E-state index < -0.39 is 27.6 Å². The number of ether oxygens (including phenoxy) is 1. The summed E-state index contributed by atoms with van der Waals surface area (Å²) in [7, 11) is 1.57. The van der Waals surface area contributed by atoms with Crippen molar-refractivity contribution in [2.75, 3.05) is 25.1 Å². The molecule has 1 fully saturated rings. The monoisotopic (exact) mass is 529 g/mol. The van der Waals surface area contributed by atoms with E-state index in [-0.39, 0.29) is 31.5 Å². The normalized spacial score (nSPS) is 19.2. The topological polar surface area (TPSA) is 139 Å². The SMILES string of the molecule is COC1CN(c2cc(C(=O)O)c(C(N)=O)cn2)CCC1[As]C(=O)c1[nH]c(C)c(Cl)c1Cl. The fraction of sp³-hybridized carbons (Fsp3) is 0.368. The number of aromatic amines is 1. The Morgan fingerprint density at radius 1 is 1.32 bits per heavy atom. The number of nitrogens with one attached hydrogen (secondary N) is 1. The average molecular weight is 530 g/mol. The van der Waals surface area contributed by atoms with Crippen LogP contribution in [0.3, 0.4) is 0 Å². The van der Waals surface area contributed by atoms with Gasteiger partial charge in [-0.1, -0.05) is 0 Å². The van der Waals surface area contributed by atoms with Gasteiger partial charge in [-0.25, -0.2) is 0 Å². The van der Waals surface area contributed by atoms with Gasteiger partial charge >= 0.3 is 195 Å². The van der Waals surface area contributed by atoms with E-state index in [4.69, 9.17) is 33.7 Å². The molecule has 1 saturated heterocycles. The molecule has 0 bridgehead atoms. The van der Waals surface area contributed by atoms with Gasteiger partial charge in [-0.15, -0.1) is 0 Å². The number of halogens is 2. The number of anilines is 1. The predicted molar refractivity (Wildman–Crippen MR) is 117 cm³/mol. The third-order valence-corrected chi connectivity index (χ3v) is 8.93. The number of amides is 1. The molecule has 1 radical (unpaired) electrons. The first kappa shape index (κ1) is 23.6. The van der Waals surface area contributed by atoms with Crippen molar-refractivity contribution in [2.45, 2.75) is 24.2 Å². The molecule has 2 aromatic heterocycles. The van der Waals surface area contributed by atoms with Crippen LogP contribution in [0.5, 0.6) is 0 Å². The summed E-state index contributed by atoms with van der Waals surface area (Å²) < 4.78 is 5.59. The zero-order valence-electron chi connectivity index (χ0n) is 16.7. The number of aromatic nitrogens is 2. The number of H-pyrrole nitrogens is 1. The molecule has 2 unspecified atom stereocenters. The summed E-state index contributed by atoms with van der Waals surface area (Å²) in [6.07, 6.45) is 1.56. The number of primary amides is 1. The molecule has 0 aromatic carbocycles. The van der Waals surface area contributed by atoms with Crippen molar-refractivity contribution in [3.8, 4) is 0 Å². The standard InChI is InChI=1S/C19H20AsCl2N4O5/c1-8-14(21)15(22)16(25-8)17(27)20-11-3-4-26(7-12(11)31-2)13-5-9(19(29)30)10(6-24-13)18(23)28/h5-6,11-12,25H,3-4,7H2,1-2H3,(H2,23,28)(H,29,30). The van der Waals surface area contributed by atoms with Crippen LogP contribution < -0.4 is 10.6 Å². The van der Waals surface area contributed by atoms with Gasteiger partial charge in [0.05, 0.1) is 0 Å². The van der Waals surface area contributed by atoms with E-state index in [0.29, 0.717) is 41.7 Å². The molecule has 12 heteroatoms. The Kier molecular flexibility index (Phi) is 7.31. The maximum atomic E-state index is 12.8. The molecule has 2 atom stereocenters. The van der Waals surface area contributed by atoms with Crippen LogP contribution in [0.4, 0.5) is 5.82 Å². The quantitative estimate of drug-likeness (QED) is 0.468. The summed E-state index contributed by atoms with van der Waals surface area (Å²) in [5, 5.41) is 9.99. The van der Waals surface area contributed by atoms with E-state index >= 15 is 0 Å². The first-order valence-electron chi connectivity index (χ1n) is 9.23. The minimum absolute atomic E-state index is 0.0206. The average Bonchev–Trinajstić information content (AvgIpc) is 3.00. The molecule has 2 aromatic rings. The zero-order valence-corrected chi connectivity index (χ0v) is 20.1. The summed E-state index contributed by atoms with van der Waals surface area (Å²) >= 11 is 11.5. The number of carboxylic acids is 1. The Hall–Kier alpha value is -2.06. The number of aromatic carboxylic acids is 1. The van der Waals surface area contributed by atoms with Gasteiger partial charge in [-0.3, -0.25) is 0 Å². The summed E-state index contributed by atoms with van der Waals surface area (Å²) in [6.45, 7) is 2.72. The Labute approximate surface area is 194 Å². The van der Waals surface area contributed by atoms with Crippen LogP contribution in [0, 0.1) is 6.92 Å². The fourth-order valence-electron chi connectivity index (χ4n) is 3.42. The van der Waals surface area contributed by atoms with E-state index in [1.807, 2.05) is 4.90 Å². The first-order chi connectivity index (χ1) is 14.6. The van der Waals surface area contributed by atoms with Crippen LogP contribution in [0.15, 0.2) is 12.3 Å². The number of piperidine rings is 1. The number of aryl methyl sites for hydroxylation is 1. The number of hydrogen-bond donors (Lipinski definition) is 3. The van der Waals surface area contributed by atoms with Crippen molar-refractivity contribution in [3.05, 3.63) is 44.8 Å². The van der Waals surface area contributed by atoms with E-state index in [9.17, 15) is 19.5 Å². The maximum absolute atomic E-state index is 12.8. The summed E-state index contributed by atoms with van der Waals surface area (Å²) in [5.74, 6) is -1.71. The van der Waals surface area contributed by atoms with Gasteiger partial charge in [0.25, 0.3) is 0 Å². The second-order valence-corrected chi connectivity index (χ2v) is 10.6. The molecular weight excluding hydrogens is 510 g/mol. The van der Waals surface area contributed by atoms with Gasteiger partial charge in [-0.05, 0) is 0 Å². The molecule has 9 nitrogen and oxygen atoms in total. The molecule has 1 aliphatic rings. The molecule has 0 spiro atoms. The number of carboxylic acid groups (broad SMARTS) is 1. The van der Waals surface area contributed by atoms with E-state index in [0.717, 1.165) is 0 Å². The van der Waals surface area contributed by atoms with Crippen LogP contribution in [0.2, 0.25) is 14.8 Å². The molecule has 165 valence electrons. The van der Waals surface area contributed by atoms with Gasteiger partial charge in [0, 0.05) is 0 Å². The predicted octanol–water partition coefficient (Wildman–Crippen LogP) is 2.38. The minimum atomic E-state index is -1.26. The Morgan fingerprint density at radius 2 is 2.03 bits per heavy atom. The molecule has 1 aliphatic heterocycles. The summed E-state index contributed by atoms with van der Waals surface area (Å²) in [6, 6.07) is 1.33. The number of rotatable bonds is 7. The van der Waals surface area contributed by atoms with Crippen molar-refractivity contribution in [2.24, 2.45) is 5.73 Å². The third-order valence-electron chi connectivity index (χ3n) is 5.09. The number of hydrogen-bond acceptors (Lipinski definition) is 6. The number of carbonyl (C=O) groups is 3. The van der Waals surface area contributed by atoms with Crippen molar-refractivity contribution in [3.63, 3.8) is 0 Å². The van der Waals surface area contributed by atoms with Gasteiger partial charge in [-0.2, -0.15) is 0 Å². The van der Waals surface area contributed by atoms with Gasteiger partial charge in [0.15, 0.2) is 0 Å². The van der Waals surface area contributed by atoms with Crippen LogP contribution in [-0.2, 0) is 4.74 Å². The van der Waals surface area contributed by atoms with Crippen LogP contribution in [-0.4, -0.2) is 73.6 Å². The van der Waals surface area contributed by atoms with E-state index in [1.165, 1.54) is 12.3 Å². The number of nitrogens with two attached hydrogens (primary N) is 1. The van der Waals surface area contributed by atoms with Crippen LogP contribution in [0.25, 0.3) is 0 Å². The van der Waals surface area contributed by atoms with Crippen molar-refractivity contribution >= 4 is 61.2 Å². The van der Waals surface area contributed by atoms with Gasteiger partial charge in [0.1, 0.15) is 0 Å². The van der Waals surface area contributed by atoms with Crippen LogP contribution >= 0.6 is 23.2 Å². The summed E-state index contributed by atoms with van der Waals surface area (Å²) in [4.78, 5) is 44.8. The van der Waals surface area contributed by atoms with Crippen molar-refractivity contribution in [1.82, 2.24) is 9.97 Å².